The van der Waals surface area contributed by atoms with Crippen molar-refractivity contribution in [3.8, 4) is 0 Å². The monoisotopic (exact) mass is 393 g/mol. The third-order valence-electron chi connectivity index (χ3n) is 4.84. The summed E-state index contributed by atoms with van der Waals surface area (Å²) in [5.74, 6) is 0.999. The lowest BCUT2D eigenvalue weighted by molar-refractivity contribution is -0.117. The highest BCUT2D eigenvalue weighted by atomic mass is 32.2. The Morgan fingerprint density at radius 3 is 2.75 bits per heavy atom. The Hall–Kier alpha value is -2.50. The van der Waals surface area contributed by atoms with Gasteiger partial charge in [0.15, 0.2) is 0 Å². The van der Waals surface area contributed by atoms with E-state index >= 15 is 0 Å². The van der Waals surface area contributed by atoms with Crippen molar-refractivity contribution in [1.82, 2.24) is 0 Å². The molecule has 0 saturated carbocycles. The molecule has 1 unspecified atom stereocenters. The van der Waals surface area contributed by atoms with Gasteiger partial charge in [0.1, 0.15) is 0 Å². The average molecular weight is 394 g/mol. The van der Waals surface area contributed by atoms with E-state index in [1.807, 2.05) is 30.5 Å². The molecule has 1 amide bonds. The third kappa shape index (κ3) is 5.06. The molecule has 5 heteroatoms. The first-order chi connectivity index (χ1) is 13.6. The molecule has 0 bridgehead atoms. The van der Waals surface area contributed by atoms with Gasteiger partial charge < -0.3 is 16.0 Å². The Morgan fingerprint density at radius 1 is 1.25 bits per heavy atom. The number of benzene rings is 2. The first kappa shape index (κ1) is 20.2. The van der Waals surface area contributed by atoms with Gasteiger partial charge in [-0.1, -0.05) is 48.6 Å². The van der Waals surface area contributed by atoms with Crippen LogP contribution in [0.5, 0.6) is 0 Å². The second-order valence-corrected chi connectivity index (χ2v) is 7.88. The summed E-state index contributed by atoms with van der Waals surface area (Å²) in [6.45, 7) is 0. The van der Waals surface area contributed by atoms with Crippen LogP contribution in [-0.4, -0.2) is 31.0 Å². The summed E-state index contributed by atoms with van der Waals surface area (Å²) in [7, 11) is 2.06. The van der Waals surface area contributed by atoms with E-state index in [4.69, 9.17) is 5.73 Å². The number of para-hydroxylation sites is 1. The Balaban J connectivity index is 1.63. The van der Waals surface area contributed by atoms with Gasteiger partial charge in [-0.15, -0.1) is 0 Å². The van der Waals surface area contributed by atoms with Crippen LogP contribution in [0.15, 0.2) is 66.9 Å². The van der Waals surface area contributed by atoms with E-state index in [1.165, 1.54) is 11.3 Å². The molecule has 0 fully saturated rings. The second kappa shape index (κ2) is 9.62. The van der Waals surface area contributed by atoms with E-state index < -0.39 is 6.04 Å². The Labute approximate surface area is 171 Å². The number of amides is 1. The number of allylic oxidation sites excluding steroid dienone is 2. The molecule has 0 aliphatic carbocycles. The number of rotatable bonds is 7. The average Bonchev–Trinajstić information content (AvgIpc) is 2.72. The number of hydrogen-bond acceptors (Lipinski definition) is 4. The molecule has 0 aromatic heterocycles. The van der Waals surface area contributed by atoms with Crippen molar-refractivity contribution in [3.05, 3.63) is 78.0 Å². The predicted molar refractivity (Wildman–Crippen MR) is 122 cm³/mol. The number of carbonyl (C=O) groups excluding carboxylic acids is 1. The van der Waals surface area contributed by atoms with Gasteiger partial charge in [-0.05, 0) is 47.8 Å². The number of fused-ring (bicyclic) bond motifs is 1. The minimum absolute atomic E-state index is 0.134. The van der Waals surface area contributed by atoms with Gasteiger partial charge in [-0.25, -0.2) is 0 Å². The van der Waals surface area contributed by atoms with Crippen LogP contribution in [0.2, 0.25) is 0 Å². The van der Waals surface area contributed by atoms with Gasteiger partial charge >= 0.3 is 0 Å². The molecule has 3 rings (SSSR count). The van der Waals surface area contributed by atoms with E-state index in [1.54, 1.807) is 11.8 Å². The third-order valence-corrected chi connectivity index (χ3v) is 5.48. The maximum Gasteiger partial charge on any atom is 0.241 e. The van der Waals surface area contributed by atoms with Crippen LogP contribution in [0.4, 0.5) is 11.4 Å². The van der Waals surface area contributed by atoms with Crippen LogP contribution in [0.1, 0.15) is 23.5 Å². The molecular formula is C23H27N3OS. The highest BCUT2D eigenvalue weighted by Crippen LogP contribution is 2.33. The van der Waals surface area contributed by atoms with Gasteiger partial charge in [0, 0.05) is 30.5 Å². The summed E-state index contributed by atoms with van der Waals surface area (Å²) in [6.07, 6.45) is 11.3. The number of carbonyl (C=O) groups is 1. The van der Waals surface area contributed by atoms with E-state index in [-0.39, 0.29) is 11.8 Å². The Morgan fingerprint density at radius 2 is 2.00 bits per heavy atom. The maximum absolute atomic E-state index is 12.1. The van der Waals surface area contributed by atoms with Gasteiger partial charge in [-0.3, -0.25) is 4.79 Å². The summed E-state index contributed by atoms with van der Waals surface area (Å²) >= 11 is 1.69. The highest BCUT2D eigenvalue weighted by molar-refractivity contribution is 7.98. The summed E-state index contributed by atoms with van der Waals surface area (Å²) in [4.78, 5) is 14.2. The van der Waals surface area contributed by atoms with Gasteiger partial charge in [0.2, 0.25) is 5.91 Å². The molecule has 1 heterocycles. The summed E-state index contributed by atoms with van der Waals surface area (Å²) in [6, 6.07) is 15.8. The quantitative estimate of drug-likeness (QED) is 0.729. The molecular weight excluding hydrogens is 366 g/mol. The lowest BCUT2D eigenvalue weighted by Gasteiger charge is -2.26. The van der Waals surface area contributed by atoms with Crippen molar-refractivity contribution in [3.63, 3.8) is 0 Å². The molecule has 28 heavy (non-hydrogen) atoms. The first-order valence-corrected chi connectivity index (χ1v) is 10.8. The van der Waals surface area contributed by atoms with E-state index in [0.29, 0.717) is 6.42 Å². The van der Waals surface area contributed by atoms with Crippen LogP contribution in [0.3, 0.4) is 0 Å². The van der Waals surface area contributed by atoms with Gasteiger partial charge in [0.05, 0.1) is 6.04 Å². The van der Waals surface area contributed by atoms with Gasteiger partial charge in [-0.2, -0.15) is 11.8 Å². The van der Waals surface area contributed by atoms with Crippen molar-refractivity contribution in [2.45, 2.75) is 18.4 Å². The highest BCUT2D eigenvalue weighted by Gasteiger charge is 2.16. The normalized spacial score (nSPS) is 16.8. The number of nitrogens with two attached hydrogens (primary N) is 1. The van der Waals surface area contributed by atoms with Crippen LogP contribution in [-0.2, 0) is 4.79 Å². The van der Waals surface area contributed by atoms with E-state index in [9.17, 15) is 4.79 Å². The molecule has 1 aliphatic heterocycles. The number of anilines is 2. The Kier molecular flexibility index (Phi) is 6.95. The molecule has 2 aromatic carbocycles. The van der Waals surface area contributed by atoms with Crippen LogP contribution >= 0.6 is 11.8 Å². The number of thioether (sulfide) groups is 1. The number of hydrogen-bond donors (Lipinski definition) is 2. The van der Waals surface area contributed by atoms with Crippen LogP contribution in [0, 0.1) is 0 Å². The second-order valence-electron chi connectivity index (χ2n) is 6.90. The molecule has 1 aliphatic rings. The zero-order chi connectivity index (χ0) is 19.9. The van der Waals surface area contributed by atoms with Crippen molar-refractivity contribution in [1.29, 1.82) is 0 Å². The molecule has 2 aromatic rings. The Bertz CT molecular complexity index is 860. The first-order valence-electron chi connectivity index (χ1n) is 9.42. The zero-order valence-corrected chi connectivity index (χ0v) is 17.2. The van der Waals surface area contributed by atoms with Crippen molar-refractivity contribution < 1.29 is 4.79 Å². The molecule has 2 atom stereocenters. The van der Waals surface area contributed by atoms with Crippen LogP contribution < -0.4 is 16.0 Å². The maximum atomic E-state index is 12.1. The standard InChI is InChI=1S/C23H27N3OS/c1-26-15-13-18(20-5-3-4-6-22(20)26)10-7-17-8-11-19(12-9-17)25-23(27)21(24)14-16-28-2/h3-13,15,18,21H,14,16,24H2,1-2H3,(H,25,27)/b10-7+/t18?,21-/m1/s1. The number of nitrogens with zero attached hydrogens (tertiary/aromatic N) is 1. The fraction of sp³-hybridized carbons (Fsp3) is 0.261. The number of nitrogens with one attached hydrogen (secondary N) is 1. The topological polar surface area (TPSA) is 58.4 Å². The summed E-state index contributed by atoms with van der Waals surface area (Å²) in [5.41, 5.74) is 10.3. The van der Waals surface area contributed by atoms with E-state index in [0.717, 1.165) is 17.0 Å². The predicted octanol–water partition coefficient (Wildman–Crippen LogP) is 4.47. The molecule has 0 spiro atoms. The van der Waals surface area contributed by atoms with Crippen molar-refractivity contribution in [2.24, 2.45) is 5.73 Å². The lowest BCUT2D eigenvalue weighted by Crippen LogP contribution is -2.36. The fourth-order valence-corrected chi connectivity index (χ4v) is 3.66. The fourth-order valence-electron chi connectivity index (χ4n) is 3.17. The van der Waals surface area contributed by atoms with Crippen molar-refractivity contribution >= 4 is 35.1 Å². The minimum atomic E-state index is -0.469. The summed E-state index contributed by atoms with van der Waals surface area (Å²) < 4.78 is 0. The molecule has 4 nitrogen and oxygen atoms in total. The molecule has 0 radical (unpaired) electrons. The zero-order valence-electron chi connectivity index (χ0n) is 16.3. The largest absolute Gasteiger partial charge is 0.351 e. The van der Waals surface area contributed by atoms with Gasteiger partial charge in [0.25, 0.3) is 0 Å². The van der Waals surface area contributed by atoms with E-state index in [2.05, 4.69) is 66.0 Å². The lowest BCUT2D eigenvalue weighted by atomic mass is 9.93. The minimum Gasteiger partial charge on any atom is -0.351 e. The van der Waals surface area contributed by atoms with Crippen LogP contribution in [0.25, 0.3) is 6.08 Å². The smallest absolute Gasteiger partial charge is 0.241 e. The molecule has 3 N–H and O–H groups in total. The molecule has 0 saturated heterocycles. The van der Waals surface area contributed by atoms with Crippen molar-refractivity contribution in [2.75, 3.05) is 29.3 Å². The summed E-state index contributed by atoms with van der Waals surface area (Å²) in [5, 5.41) is 2.89. The molecule has 146 valence electrons. The SMILES string of the molecule is CSCC[C@@H](N)C(=O)Nc1ccc(/C=C/C2C=CN(C)c3ccccc32)cc1.